The van der Waals surface area contributed by atoms with Gasteiger partial charge < -0.3 is 4.57 Å². The van der Waals surface area contributed by atoms with Gasteiger partial charge in [-0.25, -0.2) is 0 Å². The van der Waals surface area contributed by atoms with Gasteiger partial charge in [-0.15, -0.1) is 0 Å². The van der Waals surface area contributed by atoms with E-state index in [4.69, 9.17) is 0 Å². The second-order valence-electron chi connectivity index (χ2n) is 3.74. The van der Waals surface area contributed by atoms with Crippen molar-refractivity contribution in [3.05, 3.63) is 28.5 Å². The Kier molecular flexibility index (Phi) is 1.87. The third kappa shape index (κ3) is 1.05. The van der Waals surface area contributed by atoms with Crippen LogP contribution in [0.1, 0.15) is 18.5 Å². The zero-order valence-corrected chi connectivity index (χ0v) is 9.42. The normalized spacial score (nSPS) is 15.8. The molecule has 2 aromatic rings. The van der Waals surface area contributed by atoms with Crippen molar-refractivity contribution in [2.24, 2.45) is 0 Å². The molecule has 0 spiro atoms. The highest BCUT2D eigenvalue weighted by atomic mass is 79.9. The summed E-state index contributed by atoms with van der Waals surface area (Å²) in [4.78, 5) is 4.42. The van der Waals surface area contributed by atoms with Gasteiger partial charge in [0, 0.05) is 18.4 Å². The Hall–Kier alpha value is -0.830. The molecule has 0 aliphatic carbocycles. The van der Waals surface area contributed by atoms with E-state index in [-0.39, 0.29) is 0 Å². The van der Waals surface area contributed by atoms with Crippen LogP contribution in [0.5, 0.6) is 0 Å². The van der Waals surface area contributed by atoms with Gasteiger partial charge in [0.15, 0.2) is 0 Å². The number of aromatic nitrogens is 2. The van der Waals surface area contributed by atoms with E-state index < -0.39 is 0 Å². The molecule has 0 amide bonds. The van der Waals surface area contributed by atoms with Gasteiger partial charge in [-0.2, -0.15) is 0 Å². The molecule has 2 aromatic heterocycles. The van der Waals surface area contributed by atoms with E-state index in [0.717, 1.165) is 12.1 Å². The molecule has 2 nitrogen and oxygen atoms in total. The fraction of sp³-hybridized carbons (Fsp3) is 0.364. The summed E-state index contributed by atoms with van der Waals surface area (Å²) in [5.74, 6) is 0. The van der Waals surface area contributed by atoms with Crippen LogP contribution in [0.4, 0.5) is 0 Å². The predicted octanol–water partition coefficient (Wildman–Crippen LogP) is 3.14. The zero-order chi connectivity index (χ0) is 9.54. The van der Waals surface area contributed by atoms with Crippen LogP contribution in [-0.4, -0.2) is 9.55 Å². The minimum atomic E-state index is 1.12. The van der Waals surface area contributed by atoms with Crippen molar-refractivity contribution in [2.45, 2.75) is 25.8 Å². The van der Waals surface area contributed by atoms with Crippen molar-refractivity contribution < 1.29 is 0 Å². The number of hydrogen-bond acceptors (Lipinski definition) is 1. The molecule has 72 valence electrons. The number of fused-ring (bicyclic) bond motifs is 3. The lowest BCUT2D eigenvalue weighted by atomic mass is 10.1. The highest BCUT2D eigenvalue weighted by Gasteiger charge is 2.18. The average Bonchev–Trinajstić information content (AvgIpc) is 2.55. The predicted molar refractivity (Wildman–Crippen MR) is 60.4 cm³/mol. The highest BCUT2D eigenvalue weighted by molar-refractivity contribution is 9.10. The topological polar surface area (TPSA) is 17.8 Å². The Morgan fingerprint density at radius 1 is 1.36 bits per heavy atom. The Labute approximate surface area is 91.1 Å². The van der Waals surface area contributed by atoms with Crippen LogP contribution in [0.2, 0.25) is 0 Å². The van der Waals surface area contributed by atoms with Gasteiger partial charge in [-0.3, -0.25) is 4.98 Å². The fourth-order valence-electron chi connectivity index (χ4n) is 2.25. The maximum atomic E-state index is 4.42. The quantitative estimate of drug-likeness (QED) is 0.703. The molecular weight excluding hydrogens is 240 g/mol. The lowest BCUT2D eigenvalue weighted by molar-refractivity contribution is 0.543. The van der Waals surface area contributed by atoms with Crippen LogP contribution < -0.4 is 0 Å². The summed E-state index contributed by atoms with van der Waals surface area (Å²) in [6, 6.07) is 4.17. The highest BCUT2D eigenvalue weighted by Crippen LogP contribution is 2.32. The van der Waals surface area contributed by atoms with Crippen molar-refractivity contribution in [1.29, 1.82) is 0 Å². The molecule has 0 fully saturated rings. The van der Waals surface area contributed by atoms with Crippen LogP contribution >= 0.6 is 15.9 Å². The molecule has 0 bridgehead atoms. The van der Waals surface area contributed by atoms with E-state index in [1.54, 1.807) is 0 Å². The zero-order valence-electron chi connectivity index (χ0n) is 7.83. The molecule has 3 heterocycles. The summed E-state index contributed by atoms with van der Waals surface area (Å²) < 4.78 is 3.60. The summed E-state index contributed by atoms with van der Waals surface area (Å²) >= 11 is 3.65. The summed E-state index contributed by atoms with van der Waals surface area (Å²) in [5.41, 5.74) is 3.81. The van der Waals surface area contributed by atoms with Gasteiger partial charge in [0.05, 0.1) is 9.99 Å². The first kappa shape index (κ1) is 8.48. The SMILES string of the molecule is Brc1c2n(c3cccnc13)CCCC2. The van der Waals surface area contributed by atoms with E-state index in [2.05, 4.69) is 31.5 Å². The number of aryl methyl sites for hydroxylation is 1. The molecule has 1 aliphatic heterocycles. The largest absolute Gasteiger partial charge is 0.342 e. The van der Waals surface area contributed by atoms with Gasteiger partial charge in [0.1, 0.15) is 5.52 Å². The van der Waals surface area contributed by atoms with E-state index in [0.29, 0.717) is 0 Å². The van der Waals surface area contributed by atoms with Crippen molar-refractivity contribution in [3.63, 3.8) is 0 Å². The summed E-state index contributed by atoms with van der Waals surface area (Å²) in [6.07, 6.45) is 5.63. The van der Waals surface area contributed by atoms with E-state index in [1.165, 1.54) is 34.9 Å². The Bertz CT molecular complexity index is 487. The first-order valence-electron chi connectivity index (χ1n) is 4.99. The van der Waals surface area contributed by atoms with Crippen LogP contribution in [0, 0.1) is 0 Å². The number of nitrogens with zero attached hydrogens (tertiary/aromatic N) is 2. The van der Waals surface area contributed by atoms with Gasteiger partial charge in [0.2, 0.25) is 0 Å². The Morgan fingerprint density at radius 3 is 3.21 bits per heavy atom. The molecule has 0 unspecified atom stereocenters. The fourth-order valence-corrected chi connectivity index (χ4v) is 2.96. The molecule has 0 N–H and O–H groups in total. The molecule has 3 rings (SSSR count). The monoisotopic (exact) mass is 250 g/mol. The third-order valence-corrected chi connectivity index (χ3v) is 3.74. The summed E-state index contributed by atoms with van der Waals surface area (Å²) in [7, 11) is 0. The first-order valence-corrected chi connectivity index (χ1v) is 5.79. The lowest BCUT2D eigenvalue weighted by Gasteiger charge is -2.15. The summed E-state index contributed by atoms with van der Waals surface area (Å²) in [6.45, 7) is 1.14. The Balaban J connectivity index is 2.41. The van der Waals surface area contributed by atoms with Crippen molar-refractivity contribution in [2.75, 3.05) is 0 Å². The van der Waals surface area contributed by atoms with Crippen LogP contribution in [-0.2, 0) is 13.0 Å². The number of rotatable bonds is 0. The minimum absolute atomic E-state index is 1.12. The first-order chi connectivity index (χ1) is 6.88. The van der Waals surface area contributed by atoms with Gasteiger partial charge >= 0.3 is 0 Å². The van der Waals surface area contributed by atoms with E-state index >= 15 is 0 Å². The van der Waals surface area contributed by atoms with E-state index in [9.17, 15) is 0 Å². The molecule has 1 aliphatic rings. The second kappa shape index (κ2) is 3.09. The molecule has 14 heavy (non-hydrogen) atoms. The third-order valence-electron chi connectivity index (χ3n) is 2.91. The minimum Gasteiger partial charge on any atom is -0.342 e. The molecule has 0 atom stereocenters. The van der Waals surface area contributed by atoms with Gasteiger partial charge in [-0.05, 0) is 47.3 Å². The number of hydrogen-bond donors (Lipinski definition) is 0. The van der Waals surface area contributed by atoms with Crippen molar-refractivity contribution in [1.82, 2.24) is 9.55 Å². The smallest absolute Gasteiger partial charge is 0.103 e. The van der Waals surface area contributed by atoms with Gasteiger partial charge in [0.25, 0.3) is 0 Å². The van der Waals surface area contributed by atoms with Crippen LogP contribution in [0.3, 0.4) is 0 Å². The Morgan fingerprint density at radius 2 is 2.29 bits per heavy atom. The van der Waals surface area contributed by atoms with Gasteiger partial charge in [-0.1, -0.05) is 0 Å². The molecule has 0 radical (unpaired) electrons. The molecular formula is C11H11BrN2. The molecule has 0 aromatic carbocycles. The molecule has 0 saturated carbocycles. The number of pyridine rings is 1. The van der Waals surface area contributed by atoms with Crippen LogP contribution in [0.25, 0.3) is 11.0 Å². The van der Waals surface area contributed by atoms with Crippen molar-refractivity contribution >= 4 is 27.0 Å². The second-order valence-corrected chi connectivity index (χ2v) is 4.53. The lowest BCUT2D eigenvalue weighted by Crippen LogP contribution is -2.09. The summed E-state index contributed by atoms with van der Waals surface area (Å²) in [5, 5.41) is 0. The molecule has 3 heteroatoms. The average molecular weight is 251 g/mol. The maximum Gasteiger partial charge on any atom is 0.103 e. The maximum absolute atomic E-state index is 4.42. The van der Waals surface area contributed by atoms with Crippen LogP contribution in [0.15, 0.2) is 22.8 Å². The number of halogens is 1. The standard InChI is InChI=1S/C11H11BrN2/c12-10-8-4-1-2-7-14(8)9-5-3-6-13-11(9)10/h3,5-6H,1-2,4,7H2. The van der Waals surface area contributed by atoms with Crippen molar-refractivity contribution in [3.8, 4) is 0 Å². The molecule has 0 saturated heterocycles. The van der Waals surface area contributed by atoms with E-state index in [1.807, 2.05) is 12.3 Å².